The molecule has 0 spiro atoms. The number of rotatable bonds is 6. The summed E-state index contributed by atoms with van der Waals surface area (Å²) in [6, 6.07) is 7.64. The molecule has 1 heterocycles. The lowest BCUT2D eigenvalue weighted by Gasteiger charge is -2.12. The molecule has 0 aliphatic heterocycles. The van der Waals surface area contributed by atoms with E-state index in [0.717, 1.165) is 0 Å². The molecule has 0 bridgehead atoms. The third kappa shape index (κ3) is 3.96. The minimum atomic E-state index is -0.749. The van der Waals surface area contributed by atoms with E-state index < -0.39 is 24.3 Å². The van der Waals surface area contributed by atoms with Gasteiger partial charge in [0.1, 0.15) is 18.2 Å². The summed E-state index contributed by atoms with van der Waals surface area (Å²) < 4.78 is 27.3. The van der Waals surface area contributed by atoms with Gasteiger partial charge in [0.25, 0.3) is 0 Å². The Hall–Kier alpha value is -2.30. The lowest BCUT2D eigenvalue weighted by molar-refractivity contribution is -0.124. The number of hydrogen-bond donors (Lipinski definition) is 1. The van der Waals surface area contributed by atoms with Gasteiger partial charge in [0.2, 0.25) is 5.91 Å². The molecule has 0 fully saturated rings. The summed E-state index contributed by atoms with van der Waals surface area (Å²) in [7, 11) is 0. The first-order chi connectivity index (χ1) is 11.5. The largest absolute Gasteiger partial charge is 0.290 e. The van der Waals surface area contributed by atoms with Crippen molar-refractivity contribution in [1.82, 2.24) is 4.42 Å². The van der Waals surface area contributed by atoms with Crippen LogP contribution in [0.1, 0.15) is 22.8 Å². The fourth-order valence-corrected chi connectivity index (χ4v) is 3.18. The molecule has 1 amide bonds. The van der Waals surface area contributed by atoms with Crippen LogP contribution in [0, 0.1) is 22.6 Å². The Kier molecular flexibility index (Phi) is 6.01. The standard InChI is InChI=1S/C16H12ClF2N3OS/c17-22(9-21)16(23)5-11(6-18)15-4-13(8-24-15)10-1-2-14(19)12(3-10)7-20/h1-4,8-9,11,21H,5-6H2/t11-/m0/s1. The average Bonchev–Trinajstić information content (AvgIpc) is 3.08. The van der Waals surface area contributed by atoms with Crippen molar-refractivity contribution in [3.8, 4) is 17.2 Å². The van der Waals surface area contributed by atoms with Crippen LogP contribution < -0.4 is 0 Å². The number of amides is 1. The lowest BCUT2D eigenvalue weighted by Crippen LogP contribution is -2.21. The van der Waals surface area contributed by atoms with E-state index in [1.54, 1.807) is 17.5 Å². The molecule has 1 aromatic carbocycles. The first-order valence-electron chi connectivity index (χ1n) is 6.83. The number of carbonyl (C=O) groups is 1. The van der Waals surface area contributed by atoms with Crippen molar-refractivity contribution in [2.75, 3.05) is 6.67 Å². The molecule has 24 heavy (non-hydrogen) atoms. The van der Waals surface area contributed by atoms with E-state index in [1.807, 2.05) is 0 Å². The zero-order valence-electron chi connectivity index (χ0n) is 12.3. The maximum Gasteiger partial charge on any atom is 0.243 e. The minimum absolute atomic E-state index is 0.0683. The van der Waals surface area contributed by atoms with E-state index in [4.69, 9.17) is 22.4 Å². The molecule has 8 heteroatoms. The van der Waals surface area contributed by atoms with Crippen molar-refractivity contribution < 1.29 is 13.6 Å². The van der Waals surface area contributed by atoms with Crippen LogP contribution in [0.15, 0.2) is 29.6 Å². The highest BCUT2D eigenvalue weighted by Crippen LogP contribution is 2.33. The monoisotopic (exact) mass is 367 g/mol. The van der Waals surface area contributed by atoms with E-state index in [1.165, 1.54) is 29.5 Å². The second-order valence-corrected chi connectivity index (χ2v) is 6.24. The smallest absolute Gasteiger partial charge is 0.243 e. The van der Waals surface area contributed by atoms with Gasteiger partial charge < -0.3 is 0 Å². The summed E-state index contributed by atoms with van der Waals surface area (Å²) in [5, 5.41) is 17.6. The van der Waals surface area contributed by atoms with Crippen molar-refractivity contribution in [2.45, 2.75) is 12.3 Å². The fourth-order valence-electron chi connectivity index (χ4n) is 2.11. The predicted molar refractivity (Wildman–Crippen MR) is 89.2 cm³/mol. The summed E-state index contributed by atoms with van der Waals surface area (Å²) in [6.45, 7) is -0.749. The van der Waals surface area contributed by atoms with Crippen LogP contribution in [0.4, 0.5) is 8.78 Å². The molecule has 1 aromatic heterocycles. The predicted octanol–water partition coefficient (Wildman–Crippen LogP) is 4.46. The maximum atomic E-state index is 13.4. The van der Waals surface area contributed by atoms with Crippen LogP contribution in [0.5, 0.6) is 0 Å². The Morgan fingerprint density at radius 1 is 1.46 bits per heavy atom. The van der Waals surface area contributed by atoms with Crippen LogP contribution in [-0.4, -0.2) is 23.3 Å². The molecule has 1 N–H and O–H groups in total. The van der Waals surface area contributed by atoms with E-state index in [-0.39, 0.29) is 12.0 Å². The van der Waals surface area contributed by atoms with Gasteiger partial charge in [-0.05, 0) is 34.7 Å². The molecule has 0 radical (unpaired) electrons. The summed E-state index contributed by atoms with van der Waals surface area (Å²) >= 11 is 6.78. The van der Waals surface area contributed by atoms with Crippen molar-refractivity contribution in [3.05, 3.63) is 45.9 Å². The topological polar surface area (TPSA) is 68.0 Å². The number of alkyl halides is 1. The van der Waals surface area contributed by atoms with Crippen molar-refractivity contribution in [1.29, 1.82) is 10.7 Å². The maximum absolute atomic E-state index is 13.4. The van der Waals surface area contributed by atoms with E-state index in [2.05, 4.69) is 0 Å². The van der Waals surface area contributed by atoms with E-state index in [9.17, 15) is 13.6 Å². The molecule has 1 atom stereocenters. The number of halogens is 3. The third-order valence-electron chi connectivity index (χ3n) is 3.40. The number of hydrogen-bond acceptors (Lipinski definition) is 4. The fraction of sp³-hybridized carbons (Fsp3) is 0.188. The third-order valence-corrected chi connectivity index (χ3v) is 4.78. The van der Waals surface area contributed by atoms with Gasteiger partial charge in [0, 0.05) is 29.0 Å². The Labute approximate surface area is 146 Å². The highest BCUT2D eigenvalue weighted by molar-refractivity contribution is 7.10. The molecule has 4 nitrogen and oxygen atoms in total. The SMILES string of the molecule is N#Cc1cc(-c2csc([C@H](CF)CC(=O)N(Cl)C=N)c2)ccc1F. The Morgan fingerprint density at radius 2 is 2.21 bits per heavy atom. The molecule has 0 unspecified atom stereocenters. The molecule has 0 aliphatic rings. The van der Waals surface area contributed by atoms with Gasteiger partial charge in [0.05, 0.1) is 12.2 Å². The normalized spacial score (nSPS) is 11.6. The van der Waals surface area contributed by atoms with Gasteiger partial charge >= 0.3 is 0 Å². The van der Waals surface area contributed by atoms with Crippen molar-refractivity contribution in [3.63, 3.8) is 0 Å². The highest BCUT2D eigenvalue weighted by atomic mass is 35.5. The van der Waals surface area contributed by atoms with Gasteiger partial charge in [-0.25, -0.2) is 8.81 Å². The van der Waals surface area contributed by atoms with Crippen LogP contribution in [-0.2, 0) is 4.79 Å². The molecular weight excluding hydrogens is 356 g/mol. The number of carbonyl (C=O) groups excluding carboxylic acids is 1. The Bertz CT molecular complexity index is 803. The number of thiophene rings is 1. The zero-order valence-corrected chi connectivity index (χ0v) is 13.9. The van der Waals surface area contributed by atoms with Crippen molar-refractivity contribution >= 4 is 35.4 Å². The Balaban J connectivity index is 2.24. The molecular formula is C16H12ClF2N3OS. The van der Waals surface area contributed by atoms with Gasteiger partial charge in [-0.3, -0.25) is 14.6 Å². The van der Waals surface area contributed by atoms with E-state index in [0.29, 0.717) is 26.8 Å². The number of nitrogens with one attached hydrogen (secondary N) is 1. The first-order valence-corrected chi connectivity index (χ1v) is 8.04. The summed E-state index contributed by atoms with van der Waals surface area (Å²) in [5.74, 6) is -1.84. The van der Waals surface area contributed by atoms with Crippen molar-refractivity contribution in [2.24, 2.45) is 0 Å². The van der Waals surface area contributed by atoms with Crippen LogP contribution in [0.25, 0.3) is 11.1 Å². The molecule has 0 saturated heterocycles. The zero-order chi connectivity index (χ0) is 17.7. The molecule has 2 rings (SSSR count). The van der Waals surface area contributed by atoms with Gasteiger partial charge in [-0.2, -0.15) is 5.26 Å². The van der Waals surface area contributed by atoms with E-state index >= 15 is 0 Å². The number of benzene rings is 1. The van der Waals surface area contributed by atoms with Gasteiger partial charge in [-0.1, -0.05) is 6.07 Å². The van der Waals surface area contributed by atoms with Gasteiger partial charge in [0.15, 0.2) is 0 Å². The summed E-state index contributed by atoms with van der Waals surface area (Å²) in [4.78, 5) is 12.4. The van der Waals surface area contributed by atoms with Gasteiger partial charge in [-0.15, -0.1) is 11.3 Å². The first kappa shape index (κ1) is 18.0. The average molecular weight is 368 g/mol. The Morgan fingerprint density at radius 3 is 2.83 bits per heavy atom. The molecule has 0 aliphatic carbocycles. The van der Waals surface area contributed by atoms with Crippen LogP contribution in [0.3, 0.4) is 0 Å². The lowest BCUT2D eigenvalue weighted by atomic mass is 10.0. The number of nitrogens with zero attached hydrogens (tertiary/aromatic N) is 2. The minimum Gasteiger partial charge on any atom is -0.290 e. The number of nitriles is 1. The quantitative estimate of drug-likeness (QED) is 0.465. The second kappa shape index (κ2) is 7.99. The summed E-state index contributed by atoms with van der Waals surface area (Å²) in [6.07, 6.45) is 0.489. The van der Waals surface area contributed by atoms with Crippen LogP contribution >= 0.6 is 23.1 Å². The van der Waals surface area contributed by atoms with Crippen LogP contribution in [0.2, 0.25) is 0 Å². The molecule has 124 valence electrons. The highest BCUT2D eigenvalue weighted by Gasteiger charge is 2.21. The summed E-state index contributed by atoms with van der Waals surface area (Å²) in [5.41, 5.74) is 1.28. The second-order valence-electron chi connectivity index (χ2n) is 4.93. The molecule has 2 aromatic rings. The molecule has 0 saturated carbocycles.